The molecule has 4 N–H and O–H groups in total. The van der Waals surface area contributed by atoms with Gasteiger partial charge in [0, 0.05) is 0 Å². The normalized spacial score (nSPS) is 12.9. The van der Waals surface area contributed by atoms with Crippen LogP contribution in [0.3, 0.4) is 0 Å². The van der Waals surface area contributed by atoms with Gasteiger partial charge in [0.05, 0.1) is 0 Å². The van der Waals surface area contributed by atoms with Crippen molar-refractivity contribution in [3.8, 4) is 5.75 Å². The van der Waals surface area contributed by atoms with E-state index in [-0.39, 0.29) is 6.42 Å². The average Bonchev–Trinajstić information content (AvgIpc) is 2.46. The third-order valence-corrected chi connectivity index (χ3v) is 4.10. The second-order valence-electron chi connectivity index (χ2n) is 4.78. The Kier molecular flexibility index (Phi) is 5.15. The van der Waals surface area contributed by atoms with Gasteiger partial charge in [0.2, 0.25) is 0 Å². The van der Waals surface area contributed by atoms with Crippen molar-refractivity contribution in [3.63, 3.8) is 0 Å². The Morgan fingerprint density at radius 2 is 1.62 bits per heavy atom. The molecule has 2 aromatic carbocycles. The Balaban J connectivity index is 1.92. The third kappa shape index (κ3) is 4.99. The monoisotopic (exact) mass is 307 g/mol. The lowest BCUT2D eigenvalue weighted by Gasteiger charge is -2.13. The maximum atomic E-state index is 11.0. The minimum absolute atomic E-state index is 0.128. The molecular weight excluding hydrogens is 289 g/mol. The summed E-state index contributed by atoms with van der Waals surface area (Å²) in [7, 11) is -4.24. The molecule has 0 saturated carbocycles. The summed E-state index contributed by atoms with van der Waals surface area (Å²) in [4.78, 5) is 17.9. The number of nitrogens with two attached hydrogens (primary N) is 1. The van der Waals surface area contributed by atoms with Crippen LogP contribution in [0, 0.1) is 0 Å². The smallest absolute Gasteiger partial charge is 0.342 e. The van der Waals surface area contributed by atoms with E-state index in [0.29, 0.717) is 12.4 Å². The molecule has 5 nitrogen and oxygen atoms in total. The van der Waals surface area contributed by atoms with E-state index in [1.165, 1.54) is 0 Å². The lowest BCUT2D eigenvalue weighted by atomic mass is 10.1. The van der Waals surface area contributed by atoms with Crippen LogP contribution in [-0.2, 0) is 17.6 Å². The quantitative estimate of drug-likeness (QED) is 0.712. The van der Waals surface area contributed by atoms with Crippen molar-refractivity contribution in [2.75, 3.05) is 0 Å². The zero-order valence-corrected chi connectivity index (χ0v) is 12.3. The summed E-state index contributed by atoms with van der Waals surface area (Å²) >= 11 is 0. The van der Waals surface area contributed by atoms with Crippen LogP contribution >= 0.6 is 7.60 Å². The van der Waals surface area contributed by atoms with E-state index in [1.807, 2.05) is 30.3 Å². The Hall–Kier alpha value is -1.65. The van der Waals surface area contributed by atoms with Gasteiger partial charge in [0.15, 0.2) is 0 Å². The van der Waals surface area contributed by atoms with Crippen molar-refractivity contribution in [2.45, 2.75) is 18.8 Å². The maximum Gasteiger partial charge on any atom is 0.342 e. The van der Waals surface area contributed by atoms with Crippen LogP contribution in [0.2, 0.25) is 0 Å². The molecule has 0 fully saturated rings. The zero-order valence-electron chi connectivity index (χ0n) is 11.4. The van der Waals surface area contributed by atoms with Gasteiger partial charge in [-0.25, -0.2) is 0 Å². The fourth-order valence-electron chi connectivity index (χ4n) is 1.82. The molecule has 21 heavy (non-hydrogen) atoms. The molecular formula is C15H18NO4P. The number of hydrogen-bond acceptors (Lipinski definition) is 3. The first-order chi connectivity index (χ1) is 9.95. The van der Waals surface area contributed by atoms with Gasteiger partial charge < -0.3 is 20.3 Å². The molecule has 112 valence electrons. The molecule has 0 aliphatic carbocycles. The summed E-state index contributed by atoms with van der Waals surface area (Å²) in [5, 5.41) is 0. The predicted molar refractivity (Wildman–Crippen MR) is 80.9 cm³/mol. The molecule has 1 atom stereocenters. The van der Waals surface area contributed by atoms with Crippen LogP contribution in [0.5, 0.6) is 5.75 Å². The Morgan fingerprint density at radius 1 is 1.00 bits per heavy atom. The van der Waals surface area contributed by atoms with Gasteiger partial charge in [0.25, 0.3) is 0 Å². The van der Waals surface area contributed by atoms with Crippen molar-refractivity contribution in [3.05, 3.63) is 65.7 Å². The Morgan fingerprint density at radius 3 is 2.19 bits per heavy atom. The van der Waals surface area contributed by atoms with E-state index >= 15 is 0 Å². The van der Waals surface area contributed by atoms with Gasteiger partial charge in [-0.3, -0.25) is 4.57 Å². The molecule has 0 saturated heterocycles. The van der Waals surface area contributed by atoms with E-state index in [4.69, 9.17) is 20.3 Å². The minimum atomic E-state index is -4.24. The minimum Gasteiger partial charge on any atom is -0.489 e. The molecule has 1 unspecified atom stereocenters. The maximum absolute atomic E-state index is 11.0. The Bertz CT molecular complexity index is 609. The largest absolute Gasteiger partial charge is 0.489 e. The summed E-state index contributed by atoms with van der Waals surface area (Å²) in [6, 6.07) is 16.9. The fourth-order valence-corrected chi connectivity index (χ4v) is 2.27. The van der Waals surface area contributed by atoms with E-state index in [0.717, 1.165) is 11.1 Å². The molecule has 0 radical (unpaired) electrons. The fraction of sp³-hybridized carbons (Fsp3) is 0.200. The average molecular weight is 307 g/mol. The van der Waals surface area contributed by atoms with Gasteiger partial charge in [-0.05, 0) is 29.7 Å². The number of rotatable bonds is 6. The van der Waals surface area contributed by atoms with Crippen molar-refractivity contribution in [2.24, 2.45) is 5.73 Å². The van der Waals surface area contributed by atoms with E-state index in [9.17, 15) is 4.57 Å². The van der Waals surface area contributed by atoms with E-state index in [2.05, 4.69) is 0 Å². The van der Waals surface area contributed by atoms with E-state index < -0.39 is 13.4 Å². The van der Waals surface area contributed by atoms with Gasteiger partial charge in [-0.2, -0.15) is 0 Å². The zero-order chi connectivity index (χ0) is 15.3. The van der Waals surface area contributed by atoms with Crippen LogP contribution in [0.4, 0.5) is 0 Å². The standard InChI is InChI=1S/C15H18NO4P/c16-15(21(17,18)19)10-12-6-8-14(9-7-12)20-11-13-4-2-1-3-5-13/h1-9,15H,10-11,16H2,(H2,17,18,19). The van der Waals surface area contributed by atoms with Crippen molar-refractivity contribution in [1.29, 1.82) is 0 Å². The van der Waals surface area contributed by atoms with Crippen LogP contribution in [0.1, 0.15) is 11.1 Å². The molecule has 0 aliphatic rings. The SMILES string of the molecule is NC(Cc1ccc(OCc2ccccc2)cc1)P(=O)(O)O. The van der Waals surface area contributed by atoms with Crippen LogP contribution in [0.25, 0.3) is 0 Å². The highest BCUT2D eigenvalue weighted by Gasteiger charge is 2.24. The van der Waals surface area contributed by atoms with Crippen LogP contribution < -0.4 is 10.5 Å². The highest BCUT2D eigenvalue weighted by molar-refractivity contribution is 7.52. The van der Waals surface area contributed by atoms with Gasteiger partial charge in [0.1, 0.15) is 18.1 Å². The van der Waals surface area contributed by atoms with Gasteiger partial charge in [-0.1, -0.05) is 42.5 Å². The molecule has 0 aromatic heterocycles. The third-order valence-electron chi connectivity index (χ3n) is 3.05. The first-order valence-corrected chi connectivity index (χ1v) is 8.20. The topological polar surface area (TPSA) is 92.8 Å². The highest BCUT2D eigenvalue weighted by Crippen LogP contribution is 2.39. The predicted octanol–water partition coefficient (Wildman–Crippen LogP) is 2.27. The molecule has 6 heteroatoms. The Labute approximate surface area is 123 Å². The molecule has 2 aromatic rings. The number of hydrogen-bond donors (Lipinski definition) is 3. The summed E-state index contributed by atoms with van der Waals surface area (Å²) in [5.74, 6) is -0.471. The lowest BCUT2D eigenvalue weighted by Crippen LogP contribution is -2.22. The molecule has 0 aliphatic heterocycles. The van der Waals surface area contributed by atoms with Crippen molar-refractivity contribution >= 4 is 7.60 Å². The number of benzene rings is 2. The molecule has 0 spiro atoms. The summed E-state index contributed by atoms with van der Waals surface area (Å²) in [6.07, 6.45) is 0.128. The van der Waals surface area contributed by atoms with E-state index in [1.54, 1.807) is 24.3 Å². The van der Waals surface area contributed by atoms with Gasteiger partial charge >= 0.3 is 7.60 Å². The molecule has 0 heterocycles. The first kappa shape index (κ1) is 15.7. The molecule has 0 amide bonds. The first-order valence-electron chi connectivity index (χ1n) is 6.51. The van der Waals surface area contributed by atoms with Crippen molar-refractivity contribution < 1.29 is 19.1 Å². The van der Waals surface area contributed by atoms with Crippen LogP contribution in [-0.4, -0.2) is 15.6 Å². The van der Waals surface area contributed by atoms with Gasteiger partial charge in [-0.15, -0.1) is 0 Å². The second kappa shape index (κ2) is 6.87. The molecule has 0 bridgehead atoms. The second-order valence-corrected chi connectivity index (χ2v) is 6.62. The van der Waals surface area contributed by atoms with Crippen molar-refractivity contribution in [1.82, 2.24) is 0 Å². The summed E-state index contributed by atoms with van der Waals surface area (Å²) < 4.78 is 16.6. The summed E-state index contributed by atoms with van der Waals surface area (Å²) in [6.45, 7) is 0.474. The summed E-state index contributed by atoms with van der Waals surface area (Å²) in [5.41, 5.74) is 7.30. The lowest BCUT2D eigenvalue weighted by molar-refractivity contribution is 0.306. The van der Waals surface area contributed by atoms with Crippen LogP contribution in [0.15, 0.2) is 54.6 Å². The molecule has 2 rings (SSSR count). The number of ether oxygens (including phenoxy) is 1. The highest BCUT2D eigenvalue weighted by atomic mass is 31.2.